The van der Waals surface area contributed by atoms with E-state index in [1.54, 1.807) is 0 Å². The van der Waals surface area contributed by atoms with E-state index in [4.69, 9.17) is 4.74 Å². The number of carbonyl (C=O) groups is 1. The zero-order valence-electron chi connectivity index (χ0n) is 12.6. The topological polar surface area (TPSA) is 38.3 Å². The fraction of sp³-hybridized carbons (Fsp3) is 0.611. The normalized spacial score (nSPS) is 22.2. The van der Waals surface area contributed by atoms with Gasteiger partial charge in [-0.05, 0) is 18.4 Å². The van der Waals surface area contributed by atoms with E-state index in [1.165, 1.54) is 32.1 Å². The van der Waals surface area contributed by atoms with Gasteiger partial charge in [-0.1, -0.05) is 50.3 Å². The van der Waals surface area contributed by atoms with E-state index in [2.05, 4.69) is 11.4 Å². The molecule has 3 rings (SSSR count). The summed E-state index contributed by atoms with van der Waals surface area (Å²) in [5.74, 6) is 1.88. The summed E-state index contributed by atoms with van der Waals surface area (Å²) in [6.07, 6.45) is 9.29. The van der Waals surface area contributed by atoms with Crippen LogP contribution in [0.1, 0.15) is 63.0 Å². The third-order valence-electron chi connectivity index (χ3n) is 4.80. The monoisotopic (exact) mass is 287 g/mol. The number of rotatable bonds is 4. The molecule has 1 heterocycles. The molecule has 3 nitrogen and oxygen atoms in total. The Balaban J connectivity index is 1.51. The van der Waals surface area contributed by atoms with Crippen LogP contribution in [0.5, 0.6) is 5.75 Å². The number of para-hydroxylation sites is 1. The van der Waals surface area contributed by atoms with Crippen molar-refractivity contribution in [2.45, 2.75) is 57.4 Å². The Bertz CT molecular complexity index is 480. The van der Waals surface area contributed by atoms with Gasteiger partial charge in [-0.25, -0.2) is 0 Å². The van der Waals surface area contributed by atoms with Gasteiger partial charge in [0.15, 0.2) is 0 Å². The van der Waals surface area contributed by atoms with Crippen molar-refractivity contribution in [2.24, 2.45) is 5.92 Å². The Kier molecular flexibility index (Phi) is 4.79. The van der Waals surface area contributed by atoms with E-state index in [0.717, 1.165) is 30.1 Å². The molecule has 1 amide bonds. The first-order valence-electron chi connectivity index (χ1n) is 8.34. The Morgan fingerprint density at radius 1 is 1.14 bits per heavy atom. The highest BCUT2D eigenvalue weighted by molar-refractivity contribution is 5.76. The molecule has 21 heavy (non-hydrogen) atoms. The molecule has 1 N–H and O–H groups in total. The highest BCUT2D eigenvalue weighted by atomic mass is 16.5. The molecule has 2 aliphatic rings. The van der Waals surface area contributed by atoms with Crippen LogP contribution in [0.15, 0.2) is 24.3 Å². The maximum Gasteiger partial charge on any atom is 0.220 e. The van der Waals surface area contributed by atoms with Crippen LogP contribution in [-0.2, 0) is 4.79 Å². The maximum absolute atomic E-state index is 12.2. The van der Waals surface area contributed by atoms with E-state index >= 15 is 0 Å². The van der Waals surface area contributed by atoms with Gasteiger partial charge in [0, 0.05) is 18.4 Å². The first-order chi connectivity index (χ1) is 10.3. The molecular formula is C18H25NO2. The largest absolute Gasteiger partial charge is 0.493 e. The molecule has 0 radical (unpaired) electrons. The number of fused-ring (bicyclic) bond motifs is 1. The molecule has 1 atom stereocenters. The second kappa shape index (κ2) is 6.97. The number of nitrogens with one attached hydrogen (secondary N) is 1. The van der Waals surface area contributed by atoms with Crippen molar-refractivity contribution in [3.63, 3.8) is 0 Å². The summed E-state index contributed by atoms with van der Waals surface area (Å²) < 4.78 is 5.64. The minimum Gasteiger partial charge on any atom is -0.493 e. The standard InChI is InChI=1S/C18H25NO2/c20-18(11-10-14-6-2-1-3-7-14)19-16-12-13-21-17-9-5-4-8-15(16)17/h4-5,8-9,14,16H,1-3,6-7,10-13H2,(H,19,20)/t16-/m1/s1. The smallest absolute Gasteiger partial charge is 0.220 e. The van der Waals surface area contributed by atoms with Crippen LogP contribution in [0.4, 0.5) is 0 Å². The third-order valence-corrected chi connectivity index (χ3v) is 4.80. The maximum atomic E-state index is 12.2. The molecule has 1 aromatic carbocycles. The van der Waals surface area contributed by atoms with Crippen molar-refractivity contribution in [1.29, 1.82) is 0 Å². The van der Waals surface area contributed by atoms with Crippen molar-refractivity contribution >= 4 is 5.91 Å². The quantitative estimate of drug-likeness (QED) is 0.909. The highest BCUT2D eigenvalue weighted by Crippen LogP contribution is 2.32. The van der Waals surface area contributed by atoms with Crippen molar-refractivity contribution in [1.82, 2.24) is 5.32 Å². The van der Waals surface area contributed by atoms with Crippen LogP contribution in [0.3, 0.4) is 0 Å². The lowest BCUT2D eigenvalue weighted by molar-refractivity contribution is -0.122. The van der Waals surface area contributed by atoms with Gasteiger partial charge in [0.25, 0.3) is 0 Å². The predicted molar refractivity (Wildman–Crippen MR) is 83.2 cm³/mol. The SMILES string of the molecule is O=C(CCC1CCCCC1)N[C@@H]1CCOc2ccccc21. The van der Waals surface area contributed by atoms with E-state index in [0.29, 0.717) is 13.0 Å². The van der Waals surface area contributed by atoms with Crippen LogP contribution in [0.25, 0.3) is 0 Å². The zero-order chi connectivity index (χ0) is 14.5. The number of amides is 1. The predicted octanol–water partition coefficient (Wildman–Crippen LogP) is 3.99. The van der Waals surface area contributed by atoms with Crippen LogP contribution < -0.4 is 10.1 Å². The van der Waals surface area contributed by atoms with E-state index in [1.807, 2.05) is 18.2 Å². The van der Waals surface area contributed by atoms with E-state index < -0.39 is 0 Å². The minimum absolute atomic E-state index is 0.119. The highest BCUT2D eigenvalue weighted by Gasteiger charge is 2.23. The Labute approximate surface area is 127 Å². The van der Waals surface area contributed by atoms with Gasteiger partial charge in [-0.15, -0.1) is 0 Å². The average molecular weight is 287 g/mol. The molecule has 1 saturated carbocycles. The lowest BCUT2D eigenvalue weighted by Gasteiger charge is -2.27. The molecule has 1 aliphatic heterocycles. The summed E-state index contributed by atoms with van der Waals surface area (Å²) in [5.41, 5.74) is 1.12. The number of hydrogen-bond acceptors (Lipinski definition) is 2. The molecule has 0 unspecified atom stereocenters. The van der Waals surface area contributed by atoms with Gasteiger partial charge < -0.3 is 10.1 Å². The summed E-state index contributed by atoms with van der Waals surface area (Å²) in [5, 5.41) is 3.20. The van der Waals surface area contributed by atoms with Crippen LogP contribution in [-0.4, -0.2) is 12.5 Å². The number of carbonyl (C=O) groups excluding carboxylic acids is 1. The van der Waals surface area contributed by atoms with E-state index in [9.17, 15) is 4.79 Å². The Hall–Kier alpha value is -1.51. The first kappa shape index (κ1) is 14.4. The second-order valence-corrected chi connectivity index (χ2v) is 6.34. The molecular weight excluding hydrogens is 262 g/mol. The summed E-state index contributed by atoms with van der Waals surface area (Å²) >= 11 is 0. The Morgan fingerprint density at radius 3 is 2.81 bits per heavy atom. The van der Waals surface area contributed by atoms with Crippen LogP contribution in [0, 0.1) is 5.92 Å². The van der Waals surface area contributed by atoms with Crippen molar-refractivity contribution in [3.05, 3.63) is 29.8 Å². The van der Waals surface area contributed by atoms with Gasteiger partial charge in [-0.3, -0.25) is 4.79 Å². The molecule has 0 aromatic heterocycles. The second-order valence-electron chi connectivity index (χ2n) is 6.34. The van der Waals surface area contributed by atoms with Gasteiger partial charge in [0.1, 0.15) is 5.75 Å². The molecule has 0 bridgehead atoms. The molecule has 1 aromatic rings. The number of benzene rings is 1. The van der Waals surface area contributed by atoms with Gasteiger partial charge in [0.2, 0.25) is 5.91 Å². The third kappa shape index (κ3) is 3.78. The lowest BCUT2D eigenvalue weighted by Crippen LogP contribution is -2.32. The van der Waals surface area contributed by atoms with E-state index in [-0.39, 0.29) is 11.9 Å². The zero-order valence-corrected chi connectivity index (χ0v) is 12.6. The van der Waals surface area contributed by atoms with Crippen molar-refractivity contribution in [3.8, 4) is 5.75 Å². The minimum atomic E-state index is 0.119. The first-order valence-corrected chi connectivity index (χ1v) is 8.34. The molecule has 1 aliphatic carbocycles. The summed E-state index contributed by atoms with van der Waals surface area (Å²) in [6, 6.07) is 8.14. The fourth-order valence-electron chi connectivity index (χ4n) is 3.57. The molecule has 3 heteroatoms. The Morgan fingerprint density at radius 2 is 1.95 bits per heavy atom. The molecule has 0 saturated heterocycles. The van der Waals surface area contributed by atoms with Crippen molar-refractivity contribution < 1.29 is 9.53 Å². The molecule has 0 spiro atoms. The average Bonchev–Trinajstić information content (AvgIpc) is 2.54. The number of hydrogen-bond donors (Lipinski definition) is 1. The van der Waals surface area contributed by atoms with Gasteiger partial charge in [-0.2, -0.15) is 0 Å². The summed E-state index contributed by atoms with van der Waals surface area (Å²) in [4.78, 5) is 12.2. The summed E-state index contributed by atoms with van der Waals surface area (Å²) in [6.45, 7) is 0.685. The number of ether oxygens (including phenoxy) is 1. The fourth-order valence-corrected chi connectivity index (χ4v) is 3.57. The van der Waals surface area contributed by atoms with Crippen molar-refractivity contribution in [2.75, 3.05) is 6.61 Å². The van der Waals surface area contributed by atoms with Gasteiger partial charge >= 0.3 is 0 Å². The lowest BCUT2D eigenvalue weighted by atomic mass is 9.86. The molecule has 1 fully saturated rings. The van der Waals surface area contributed by atoms with Crippen LogP contribution >= 0.6 is 0 Å². The van der Waals surface area contributed by atoms with Crippen LogP contribution in [0.2, 0.25) is 0 Å². The summed E-state index contributed by atoms with van der Waals surface area (Å²) in [7, 11) is 0. The van der Waals surface area contributed by atoms with Gasteiger partial charge in [0.05, 0.1) is 12.6 Å². The molecule has 114 valence electrons.